The zero-order chi connectivity index (χ0) is 65.4. The van der Waals surface area contributed by atoms with Gasteiger partial charge in [-0.3, -0.25) is 13.7 Å². The monoisotopic (exact) mass is 993 g/mol. The summed E-state index contributed by atoms with van der Waals surface area (Å²) in [5, 5.41) is 1.17. The van der Waals surface area contributed by atoms with Gasteiger partial charge in [-0.2, -0.15) is 0 Å². The molecule has 76 heavy (non-hydrogen) atoms. The van der Waals surface area contributed by atoms with Crippen molar-refractivity contribution in [2.24, 2.45) is 0 Å². The van der Waals surface area contributed by atoms with Gasteiger partial charge in [0, 0.05) is 33.8 Å². The van der Waals surface area contributed by atoms with Crippen molar-refractivity contribution in [1.29, 1.82) is 0 Å². The lowest BCUT2D eigenvalue weighted by atomic mass is 9.88. The highest BCUT2D eigenvalue weighted by Gasteiger charge is 2.27. The average Bonchev–Trinajstić information content (AvgIpc) is 1.56. The van der Waals surface area contributed by atoms with Crippen LogP contribution in [0.1, 0.15) is 49.6 Å². The van der Waals surface area contributed by atoms with E-state index in [0.717, 1.165) is 16.5 Å². The molecule has 5 heterocycles. The molecule has 6 heteroatoms. The van der Waals surface area contributed by atoms with Crippen LogP contribution in [0.5, 0.6) is 11.5 Å². The molecule has 0 radical (unpaired) electrons. The van der Waals surface area contributed by atoms with Crippen molar-refractivity contribution in [1.82, 2.24) is 18.7 Å². The lowest BCUT2D eigenvalue weighted by molar-refractivity contribution is -0.570. The third kappa shape index (κ3) is 6.73. The molecule has 0 unspecified atom stereocenters. The van der Waals surface area contributed by atoms with Gasteiger partial charge in [0.1, 0.15) is 11.6 Å². The van der Waals surface area contributed by atoms with Crippen molar-refractivity contribution in [3.8, 4) is 78.9 Å². The number of imidazole rings is 1. The quantitative estimate of drug-likeness (QED) is 0.123. The molecule has 0 aliphatic carbocycles. The topological polar surface area (TPSA) is 40.8 Å². The highest BCUT2D eigenvalue weighted by molar-refractivity contribution is 6.13. The number of benzene rings is 10. The predicted molar refractivity (Wildman–Crippen MR) is 311 cm³/mol. The Labute approximate surface area is 464 Å². The third-order valence-corrected chi connectivity index (χ3v) is 14.3. The Morgan fingerprint density at radius 3 is 1.91 bits per heavy atom. The van der Waals surface area contributed by atoms with Crippen LogP contribution in [0.2, 0.25) is 0 Å². The van der Waals surface area contributed by atoms with Gasteiger partial charge in [-0.1, -0.05) is 196 Å². The molecule has 0 bridgehead atoms. The van der Waals surface area contributed by atoms with E-state index in [2.05, 4.69) is 27.1 Å². The maximum absolute atomic E-state index is 9.65. The number of ether oxygens (including phenoxy) is 1. The largest absolute Gasteiger partial charge is 0.456 e. The van der Waals surface area contributed by atoms with Crippen LogP contribution in [0, 0.1) is 6.33 Å². The first-order valence-electron chi connectivity index (χ1n) is 33.1. The van der Waals surface area contributed by atoms with E-state index >= 15 is 0 Å². The first kappa shape index (κ1) is 29.8. The molecule has 360 valence electrons. The van der Waals surface area contributed by atoms with Crippen LogP contribution < -0.4 is 9.30 Å². The molecule has 15 rings (SSSR count). The Hall–Kier alpha value is -9.78. The number of hydrogen-bond donors (Lipinski definition) is 0. The summed E-state index contributed by atoms with van der Waals surface area (Å²) in [6, 6.07) is 31.2. The molecular formula is C70H49N5O. The van der Waals surface area contributed by atoms with Gasteiger partial charge in [0.25, 0.3) is 6.33 Å². The third-order valence-electron chi connectivity index (χ3n) is 14.3. The lowest BCUT2D eigenvalue weighted by Crippen LogP contribution is -2.32. The van der Waals surface area contributed by atoms with Gasteiger partial charge in [0.15, 0.2) is 5.75 Å². The van der Waals surface area contributed by atoms with Crippen molar-refractivity contribution < 1.29 is 32.6 Å². The van der Waals surface area contributed by atoms with Crippen LogP contribution in [-0.4, -0.2) is 18.7 Å². The van der Waals surface area contributed by atoms with Gasteiger partial charge in [0.2, 0.25) is 0 Å². The number of hydrogen-bond acceptors (Lipinski definition) is 2. The van der Waals surface area contributed by atoms with Crippen molar-refractivity contribution in [3.63, 3.8) is 0 Å². The summed E-state index contributed by atoms with van der Waals surface area (Å²) in [5.41, 5.74) is 5.83. The fourth-order valence-corrected chi connectivity index (χ4v) is 10.9. The minimum Gasteiger partial charge on any atom is -0.456 e. The van der Waals surface area contributed by atoms with E-state index in [0.29, 0.717) is 50.1 Å². The van der Waals surface area contributed by atoms with Gasteiger partial charge >= 0.3 is 0 Å². The van der Waals surface area contributed by atoms with Crippen molar-refractivity contribution in [2.45, 2.75) is 26.2 Å². The van der Waals surface area contributed by atoms with Crippen LogP contribution in [0.4, 0.5) is 0 Å². The van der Waals surface area contributed by atoms with Gasteiger partial charge in [-0.25, -0.2) is 4.98 Å². The van der Waals surface area contributed by atoms with E-state index in [-0.39, 0.29) is 90.0 Å². The number of pyridine rings is 1. The summed E-state index contributed by atoms with van der Waals surface area (Å²) >= 11 is 0. The summed E-state index contributed by atoms with van der Waals surface area (Å²) in [7, 11) is 0. The van der Waals surface area contributed by atoms with Crippen LogP contribution in [0.15, 0.2) is 242 Å². The van der Waals surface area contributed by atoms with Crippen LogP contribution in [0.25, 0.3) is 122 Å². The summed E-state index contributed by atoms with van der Waals surface area (Å²) in [6.45, 7) is 6.32. The summed E-state index contributed by atoms with van der Waals surface area (Å²) in [4.78, 5) is 4.91. The molecule has 0 fully saturated rings. The summed E-state index contributed by atoms with van der Waals surface area (Å²) in [5.74, 6) is 0.884. The first-order valence-corrected chi connectivity index (χ1v) is 24.6. The molecule has 10 aromatic carbocycles. The van der Waals surface area contributed by atoms with Gasteiger partial charge in [-0.15, -0.1) is 0 Å². The number of nitrogens with zero attached hydrogens (tertiary/aromatic N) is 5. The second-order valence-corrected chi connectivity index (χ2v) is 19.7. The van der Waals surface area contributed by atoms with Crippen molar-refractivity contribution in [2.75, 3.05) is 0 Å². The fraction of sp³-hybridized carbons (Fsp3) is 0.0571. The Bertz CT molecular complexity index is 5600. The zero-order valence-electron chi connectivity index (χ0n) is 57.9. The maximum Gasteiger partial charge on any atom is 0.269 e. The van der Waals surface area contributed by atoms with Gasteiger partial charge < -0.3 is 9.30 Å². The first-order chi connectivity index (χ1) is 44.4. The molecule has 1 aliphatic rings. The molecular weight excluding hydrogens is 927 g/mol. The average molecular weight is 993 g/mol. The smallest absolute Gasteiger partial charge is 0.269 e. The highest BCUT2D eigenvalue weighted by Crippen LogP contribution is 2.46. The van der Waals surface area contributed by atoms with E-state index in [9.17, 15) is 11.0 Å². The molecule has 0 saturated carbocycles. The minimum absolute atomic E-state index is 0.0900. The Morgan fingerprint density at radius 1 is 0.487 bits per heavy atom. The molecule has 0 spiro atoms. The fourth-order valence-electron chi connectivity index (χ4n) is 10.9. The second-order valence-electron chi connectivity index (χ2n) is 19.7. The molecule has 14 aromatic rings. The van der Waals surface area contributed by atoms with Gasteiger partial charge in [-0.05, 0) is 110 Å². The van der Waals surface area contributed by atoms with Gasteiger partial charge in [0.05, 0.1) is 73.5 Å². The number of para-hydroxylation sites is 5. The maximum atomic E-state index is 9.65. The molecule has 6 nitrogen and oxygen atoms in total. The molecule has 4 aromatic heterocycles. The van der Waals surface area contributed by atoms with E-state index in [1.807, 2.05) is 77.4 Å². The highest BCUT2D eigenvalue weighted by atomic mass is 16.5. The predicted octanol–water partition coefficient (Wildman–Crippen LogP) is 17.4. The second kappa shape index (κ2) is 16.9. The lowest BCUT2D eigenvalue weighted by Gasteiger charge is -2.20. The Kier molecular flexibility index (Phi) is 6.62. The molecule has 0 saturated heterocycles. The molecule has 0 amide bonds. The SMILES string of the molecule is [2H]c1c([2H])c([2H])c(-c2cccc3c2-[n+]2[c-]n(-c4cccc(Oc5cc6c(cc5-n5c7c([2H])c([2H])c([2H])c([2H])c7c7c([2H])c([2H])c([2H])c([2H])c75)c5ccccc5n6-c5cc(C(C)(C)C)ccn5)c4)c4cccc(c42)-c2ccccc2-c2c([2H])c([2H])c([2H])c([2H])c2-3)c([2H])c1[2H]. The van der Waals surface area contributed by atoms with Crippen LogP contribution >= 0.6 is 0 Å². The van der Waals surface area contributed by atoms with Crippen molar-refractivity contribution >= 4 is 54.6 Å². The molecule has 0 N–H and O–H groups in total. The molecule has 0 atom stereocenters. The van der Waals surface area contributed by atoms with E-state index in [4.69, 9.17) is 22.1 Å². The summed E-state index contributed by atoms with van der Waals surface area (Å²) < 4.78 is 170. The van der Waals surface area contributed by atoms with E-state index in [1.54, 1.807) is 76.0 Å². The van der Waals surface area contributed by atoms with Crippen LogP contribution in [0.3, 0.4) is 0 Å². The van der Waals surface area contributed by atoms with E-state index in [1.165, 1.54) is 4.57 Å². The van der Waals surface area contributed by atoms with Crippen LogP contribution in [-0.2, 0) is 5.41 Å². The van der Waals surface area contributed by atoms with E-state index < -0.39 is 90.6 Å². The minimum atomic E-state index is -0.604. The number of aromatic nitrogens is 5. The summed E-state index contributed by atoms with van der Waals surface area (Å²) in [6.07, 6.45) is 5.32. The Morgan fingerprint density at radius 2 is 1.12 bits per heavy atom. The standard InChI is InChI=1S/C70H49N5O/c1-70(2,3)46-38-39-71-67(40-46)75-62-36-16-13-30-56(62)59-42-65(74-60-34-14-11-28-54(60)55-29-12-15-35-61(55)74)66(43-64(59)75)76-48-23-17-22-47(41-48)72-44-73-68-49(45-20-5-4-6-21-45)31-18-32-57(68)52-26-9-7-24-50(52)51-25-8-10-27-53(51)58-33-19-37-63(72)69(58)73/h4-43H,1-3H3/i4D,5D,6D,7D,9D,11D,12D,14D,15D,20D,21D,24D,26D,28D,29D,34D,35D. The zero-order valence-corrected chi connectivity index (χ0v) is 40.9. The number of rotatable bonds is 6. The molecule has 1 aliphatic heterocycles. The number of fused-ring (bicyclic) bond motifs is 13. The normalized spacial score (nSPS) is 15.3. The Balaban J connectivity index is 1.03. The van der Waals surface area contributed by atoms with Crippen molar-refractivity contribution in [3.05, 3.63) is 254 Å².